The van der Waals surface area contributed by atoms with Gasteiger partial charge in [-0.3, -0.25) is 4.79 Å². The van der Waals surface area contributed by atoms with E-state index < -0.39 is 0 Å². The van der Waals surface area contributed by atoms with E-state index in [2.05, 4.69) is 16.8 Å². The molecule has 1 aromatic carbocycles. The molecule has 1 aliphatic heterocycles. The molecular weight excluding hydrogens is 304 g/mol. The number of amides is 1. The molecule has 2 heterocycles. The number of thiophene rings is 1. The number of carbonyl (C=O) groups excluding carboxylic acids is 1. The van der Waals surface area contributed by atoms with Crippen LogP contribution in [0.5, 0.6) is 0 Å². The number of nitrogens with one attached hydrogen (secondary N) is 1. The summed E-state index contributed by atoms with van der Waals surface area (Å²) in [5.41, 5.74) is 3.21. The molecule has 1 amide bonds. The Bertz CT molecular complexity index is 668. The van der Waals surface area contributed by atoms with E-state index in [1.54, 1.807) is 11.3 Å². The molecule has 0 bridgehead atoms. The first-order valence-electron chi connectivity index (χ1n) is 6.96. The standard InChI is InChI=1S/C16H17ClN2OS/c1-11-2-3-13(8-14(11)17)18-9-16(20)19-6-4-15-12(10-19)5-7-21-15/h2-3,5,7-8,18H,4,6,9-10H2,1H3. The summed E-state index contributed by atoms with van der Waals surface area (Å²) < 4.78 is 0. The van der Waals surface area contributed by atoms with Gasteiger partial charge in [-0.25, -0.2) is 0 Å². The minimum Gasteiger partial charge on any atom is -0.376 e. The summed E-state index contributed by atoms with van der Waals surface area (Å²) in [6.07, 6.45) is 0.967. The molecule has 1 aromatic heterocycles. The van der Waals surface area contributed by atoms with Crippen molar-refractivity contribution in [2.45, 2.75) is 19.9 Å². The minimum atomic E-state index is 0.128. The van der Waals surface area contributed by atoms with Crippen LogP contribution in [0.3, 0.4) is 0 Å². The van der Waals surface area contributed by atoms with E-state index in [4.69, 9.17) is 11.6 Å². The molecule has 0 saturated heterocycles. The van der Waals surface area contributed by atoms with Gasteiger partial charge in [0.25, 0.3) is 0 Å². The van der Waals surface area contributed by atoms with Crippen molar-refractivity contribution in [3.05, 3.63) is 50.7 Å². The fraction of sp³-hybridized carbons (Fsp3) is 0.312. The van der Waals surface area contributed by atoms with Gasteiger partial charge in [-0.05, 0) is 48.1 Å². The number of hydrogen-bond acceptors (Lipinski definition) is 3. The Morgan fingerprint density at radius 3 is 3.10 bits per heavy atom. The van der Waals surface area contributed by atoms with Crippen LogP contribution in [0.15, 0.2) is 29.6 Å². The number of rotatable bonds is 3. The number of hydrogen-bond donors (Lipinski definition) is 1. The lowest BCUT2D eigenvalue weighted by atomic mass is 10.1. The van der Waals surface area contributed by atoms with Gasteiger partial charge in [0.15, 0.2) is 0 Å². The average Bonchev–Trinajstić information content (AvgIpc) is 2.95. The van der Waals surface area contributed by atoms with Crippen molar-refractivity contribution < 1.29 is 4.79 Å². The molecule has 0 fully saturated rings. The Kier molecular flexibility index (Phi) is 4.17. The van der Waals surface area contributed by atoms with Crippen LogP contribution in [0.4, 0.5) is 5.69 Å². The monoisotopic (exact) mass is 320 g/mol. The van der Waals surface area contributed by atoms with Crippen molar-refractivity contribution in [3.8, 4) is 0 Å². The lowest BCUT2D eigenvalue weighted by Crippen LogP contribution is -2.38. The number of nitrogens with zero attached hydrogens (tertiary/aromatic N) is 1. The fourth-order valence-electron chi connectivity index (χ4n) is 2.45. The molecule has 2 aromatic rings. The van der Waals surface area contributed by atoms with E-state index in [0.717, 1.165) is 30.8 Å². The Balaban J connectivity index is 1.58. The molecule has 110 valence electrons. The summed E-state index contributed by atoms with van der Waals surface area (Å²) >= 11 is 7.87. The number of halogens is 1. The Hall–Kier alpha value is -1.52. The highest BCUT2D eigenvalue weighted by Crippen LogP contribution is 2.24. The van der Waals surface area contributed by atoms with Crippen molar-refractivity contribution in [2.24, 2.45) is 0 Å². The summed E-state index contributed by atoms with van der Waals surface area (Å²) in [5, 5.41) is 5.97. The van der Waals surface area contributed by atoms with Crippen LogP contribution in [0.2, 0.25) is 5.02 Å². The second kappa shape index (κ2) is 6.08. The van der Waals surface area contributed by atoms with Crippen molar-refractivity contribution in [1.82, 2.24) is 4.90 Å². The van der Waals surface area contributed by atoms with Crippen LogP contribution < -0.4 is 5.32 Å². The first-order valence-corrected chi connectivity index (χ1v) is 8.22. The second-order valence-electron chi connectivity index (χ2n) is 5.25. The molecule has 1 N–H and O–H groups in total. The average molecular weight is 321 g/mol. The quantitative estimate of drug-likeness (QED) is 0.935. The summed E-state index contributed by atoms with van der Waals surface area (Å²) in [7, 11) is 0. The van der Waals surface area contributed by atoms with Gasteiger partial charge in [-0.2, -0.15) is 0 Å². The molecule has 0 spiro atoms. The van der Waals surface area contributed by atoms with Crippen LogP contribution in [-0.2, 0) is 17.8 Å². The highest BCUT2D eigenvalue weighted by Gasteiger charge is 2.21. The second-order valence-corrected chi connectivity index (χ2v) is 6.66. The van der Waals surface area contributed by atoms with E-state index in [9.17, 15) is 4.79 Å². The highest BCUT2D eigenvalue weighted by atomic mass is 35.5. The molecule has 0 unspecified atom stereocenters. The summed E-state index contributed by atoms with van der Waals surface area (Å²) in [4.78, 5) is 15.6. The molecule has 3 nitrogen and oxygen atoms in total. The maximum atomic E-state index is 12.3. The topological polar surface area (TPSA) is 32.3 Å². The SMILES string of the molecule is Cc1ccc(NCC(=O)N2CCc3sccc3C2)cc1Cl. The predicted octanol–water partition coefficient (Wildman–Crippen LogP) is 3.71. The van der Waals surface area contributed by atoms with E-state index in [1.165, 1.54) is 10.4 Å². The maximum Gasteiger partial charge on any atom is 0.242 e. The third kappa shape index (κ3) is 3.22. The van der Waals surface area contributed by atoms with Crippen LogP contribution in [0.25, 0.3) is 0 Å². The molecule has 0 radical (unpaired) electrons. The van der Waals surface area contributed by atoms with E-state index in [0.29, 0.717) is 11.6 Å². The first kappa shape index (κ1) is 14.4. The van der Waals surface area contributed by atoms with E-state index in [1.807, 2.05) is 30.0 Å². The van der Waals surface area contributed by atoms with Crippen molar-refractivity contribution in [3.63, 3.8) is 0 Å². The van der Waals surface area contributed by atoms with Gasteiger partial charge in [0.2, 0.25) is 5.91 Å². The zero-order valence-corrected chi connectivity index (χ0v) is 13.4. The highest BCUT2D eigenvalue weighted by molar-refractivity contribution is 7.10. The first-order chi connectivity index (χ1) is 10.1. The Labute approximate surface area is 133 Å². The Morgan fingerprint density at radius 1 is 1.43 bits per heavy atom. The molecule has 0 saturated carbocycles. The summed E-state index contributed by atoms with van der Waals surface area (Å²) in [5.74, 6) is 0.128. The third-order valence-corrected chi connectivity index (χ3v) is 5.21. The largest absolute Gasteiger partial charge is 0.376 e. The van der Waals surface area contributed by atoms with Gasteiger partial charge in [-0.1, -0.05) is 17.7 Å². The molecule has 5 heteroatoms. The molecular formula is C16H17ClN2OS. The summed E-state index contributed by atoms with van der Waals surface area (Å²) in [6, 6.07) is 7.87. The van der Waals surface area contributed by atoms with E-state index >= 15 is 0 Å². The molecule has 3 rings (SSSR count). The number of benzene rings is 1. The maximum absolute atomic E-state index is 12.3. The fourth-order valence-corrected chi connectivity index (χ4v) is 3.52. The van der Waals surface area contributed by atoms with Gasteiger partial charge in [-0.15, -0.1) is 11.3 Å². The van der Waals surface area contributed by atoms with Crippen LogP contribution in [0.1, 0.15) is 16.0 Å². The van der Waals surface area contributed by atoms with Gasteiger partial charge < -0.3 is 10.2 Å². The van der Waals surface area contributed by atoms with Gasteiger partial charge in [0.05, 0.1) is 6.54 Å². The number of carbonyl (C=O) groups is 1. The van der Waals surface area contributed by atoms with Crippen LogP contribution in [-0.4, -0.2) is 23.9 Å². The Morgan fingerprint density at radius 2 is 2.29 bits per heavy atom. The minimum absolute atomic E-state index is 0.128. The summed E-state index contributed by atoms with van der Waals surface area (Å²) in [6.45, 7) is 3.80. The number of fused-ring (bicyclic) bond motifs is 1. The van der Waals surface area contributed by atoms with Crippen LogP contribution >= 0.6 is 22.9 Å². The van der Waals surface area contributed by atoms with Gasteiger partial charge >= 0.3 is 0 Å². The smallest absolute Gasteiger partial charge is 0.242 e. The molecule has 1 aliphatic rings. The zero-order chi connectivity index (χ0) is 14.8. The number of anilines is 1. The predicted molar refractivity (Wildman–Crippen MR) is 88.1 cm³/mol. The molecule has 0 aliphatic carbocycles. The van der Waals surface area contributed by atoms with Gasteiger partial charge in [0, 0.05) is 28.7 Å². The van der Waals surface area contributed by atoms with Crippen molar-refractivity contribution in [1.29, 1.82) is 0 Å². The van der Waals surface area contributed by atoms with Crippen molar-refractivity contribution >= 4 is 34.5 Å². The normalized spacial score (nSPS) is 13.9. The lowest BCUT2D eigenvalue weighted by molar-refractivity contribution is -0.130. The number of aryl methyl sites for hydroxylation is 1. The van der Waals surface area contributed by atoms with Gasteiger partial charge in [0.1, 0.15) is 0 Å². The third-order valence-electron chi connectivity index (χ3n) is 3.78. The van der Waals surface area contributed by atoms with E-state index in [-0.39, 0.29) is 5.91 Å². The molecule has 0 atom stereocenters. The molecule has 21 heavy (non-hydrogen) atoms. The zero-order valence-electron chi connectivity index (χ0n) is 11.9. The van der Waals surface area contributed by atoms with Crippen molar-refractivity contribution in [2.75, 3.05) is 18.4 Å². The lowest BCUT2D eigenvalue weighted by Gasteiger charge is -2.27. The van der Waals surface area contributed by atoms with Crippen LogP contribution in [0, 0.1) is 6.92 Å².